The lowest BCUT2D eigenvalue weighted by atomic mass is 9.89. The Labute approximate surface area is 444 Å². The summed E-state index contributed by atoms with van der Waals surface area (Å²) in [4.78, 5) is 111. The van der Waals surface area contributed by atoms with Crippen LogP contribution in [-0.4, -0.2) is 109 Å². The first kappa shape index (κ1) is 57.4. The van der Waals surface area contributed by atoms with Crippen LogP contribution in [0.5, 0.6) is 5.75 Å². The van der Waals surface area contributed by atoms with Gasteiger partial charge in [-0.3, -0.25) is 33.6 Å². The summed E-state index contributed by atoms with van der Waals surface area (Å²) in [6.07, 6.45) is 0.350. The van der Waals surface area contributed by atoms with E-state index in [1.807, 2.05) is 0 Å². The van der Waals surface area contributed by atoms with Gasteiger partial charge in [-0.05, 0) is 73.0 Å². The van der Waals surface area contributed by atoms with Crippen molar-refractivity contribution in [3.63, 3.8) is 0 Å². The van der Waals surface area contributed by atoms with E-state index in [2.05, 4.69) is 55.9 Å². The number of imidazole rings is 1. The average Bonchev–Trinajstić information content (AvgIpc) is 4.00. The highest BCUT2D eigenvalue weighted by Crippen LogP contribution is 2.66. The van der Waals surface area contributed by atoms with Crippen LogP contribution in [0, 0.1) is 22.0 Å². The summed E-state index contributed by atoms with van der Waals surface area (Å²) in [5.74, 6) is 3.76. The molecule has 1 aliphatic carbocycles. The first-order valence-corrected chi connectivity index (χ1v) is 27.9. The van der Waals surface area contributed by atoms with Crippen LogP contribution in [0.3, 0.4) is 0 Å². The Kier molecular flexibility index (Phi) is 17.5. The number of carbonyl (C=O) groups is 3. The van der Waals surface area contributed by atoms with Crippen LogP contribution >= 0.6 is 23.5 Å². The van der Waals surface area contributed by atoms with E-state index >= 15 is 0 Å². The first-order chi connectivity index (χ1) is 37.4. The summed E-state index contributed by atoms with van der Waals surface area (Å²) in [6, 6.07) is 16.8. The SMILES string of the molecule is O=C(CCCCCNC(=O)c1ccc(C(=O)O)c(-c2c3ccc(=O)cc-3oc3cc(O)ccc23)c1)NCC#Cc1ccc(CNc2ncnc3c2ncn3[C@H]2C[C@H](O)[C@@H](COP(=O)(O)OP(=O)(O)OP(=O)(O)O)O2)c([N+](=O)[O-])c1. The second-order valence-electron chi connectivity index (χ2n) is 17.3. The number of nitrogens with one attached hydrogen (secondary N) is 3. The molecule has 4 heterocycles. The summed E-state index contributed by atoms with van der Waals surface area (Å²) in [5.41, 5.74) is 1.54. The van der Waals surface area contributed by atoms with Gasteiger partial charge in [-0.15, -0.1) is 0 Å². The molecular formula is C47H45N8O21P3. The predicted octanol–water partition coefficient (Wildman–Crippen LogP) is 5.08. The van der Waals surface area contributed by atoms with Crippen molar-refractivity contribution in [3.05, 3.63) is 128 Å². The van der Waals surface area contributed by atoms with Crippen LogP contribution in [0.1, 0.15) is 70.2 Å². The number of unbranched alkanes of at least 4 members (excludes halogenated alkanes) is 2. The Bertz CT molecular complexity index is 3760. The third-order valence-corrected chi connectivity index (χ3v) is 15.7. The van der Waals surface area contributed by atoms with Crippen LogP contribution in [0.25, 0.3) is 44.6 Å². The molecule has 414 valence electrons. The number of anilines is 1. The maximum atomic E-state index is 13.3. The van der Waals surface area contributed by atoms with E-state index in [1.165, 1.54) is 71.6 Å². The maximum Gasteiger partial charge on any atom is 0.490 e. The molecule has 32 heteroatoms. The lowest BCUT2D eigenvalue weighted by Crippen LogP contribution is -2.26. The molecule has 0 radical (unpaired) electrons. The molecule has 2 amide bonds. The molecule has 10 N–H and O–H groups in total. The fourth-order valence-electron chi connectivity index (χ4n) is 8.34. The molecule has 0 spiro atoms. The topological polar surface area (TPSA) is 434 Å². The van der Waals surface area contributed by atoms with Crippen molar-refractivity contribution in [3.8, 4) is 40.0 Å². The number of nitro groups is 1. The number of hydrogen-bond donors (Lipinski definition) is 10. The van der Waals surface area contributed by atoms with E-state index in [0.717, 1.165) is 6.33 Å². The molecule has 2 aliphatic heterocycles. The molecule has 79 heavy (non-hydrogen) atoms. The first-order valence-electron chi connectivity index (χ1n) is 23.4. The molecule has 2 unspecified atom stereocenters. The highest BCUT2D eigenvalue weighted by molar-refractivity contribution is 7.66. The number of aromatic carboxylic acids is 1. The number of aliphatic hydroxyl groups is 1. The third kappa shape index (κ3) is 14.5. The van der Waals surface area contributed by atoms with Crippen LogP contribution in [0.4, 0.5) is 11.5 Å². The van der Waals surface area contributed by atoms with Crippen molar-refractivity contribution >= 4 is 74.9 Å². The molecule has 1 saturated heterocycles. The van der Waals surface area contributed by atoms with E-state index in [4.69, 9.17) is 18.9 Å². The number of phenols is 1. The average molecular weight is 1150 g/mol. The van der Waals surface area contributed by atoms with E-state index in [9.17, 15) is 68.1 Å². The molecular weight excluding hydrogens is 1110 g/mol. The number of aromatic hydroxyl groups is 1. The molecule has 0 saturated carbocycles. The Hall–Kier alpha value is -7.80. The Morgan fingerprint density at radius 3 is 2.46 bits per heavy atom. The summed E-state index contributed by atoms with van der Waals surface area (Å²) in [5, 5.41) is 51.9. The summed E-state index contributed by atoms with van der Waals surface area (Å²) < 4.78 is 59.7. The van der Waals surface area contributed by atoms with Gasteiger partial charge in [0.05, 0.1) is 36.1 Å². The van der Waals surface area contributed by atoms with Gasteiger partial charge in [0.2, 0.25) is 5.91 Å². The number of carboxylic acid groups (broad SMARTS) is 1. The molecule has 0 bridgehead atoms. The smallest absolute Gasteiger partial charge is 0.490 e. The van der Waals surface area contributed by atoms with Gasteiger partial charge >= 0.3 is 29.4 Å². The second kappa shape index (κ2) is 24.1. The Morgan fingerprint density at radius 2 is 1.70 bits per heavy atom. The third-order valence-electron chi connectivity index (χ3n) is 11.9. The number of amides is 2. The van der Waals surface area contributed by atoms with E-state index < -0.39 is 65.3 Å². The van der Waals surface area contributed by atoms with Crippen LogP contribution in [0.2, 0.25) is 0 Å². The number of carboxylic acids is 1. The van der Waals surface area contributed by atoms with Gasteiger partial charge in [0.1, 0.15) is 35.8 Å². The largest absolute Gasteiger partial charge is 0.508 e. The number of phenolic OH excluding ortho intramolecular Hbond substituents is 1. The number of hydrogen-bond acceptors (Lipinski definition) is 20. The van der Waals surface area contributed by atoms with E-state index in [0.29, 0.717) is 41.3 Å². The minimum Gasteiger partial charge on any atom is -0.508 e. The predicted molar refractivity (Wildman–Crippen MR) is 274 cm³/mol. The van der Waals surface area contributed by atoms with Gasteiger partial charge in [0, 0.05) is 77.3 Å². The zero-order valence-electron chi connectivity index (χ0n) is 40.6. The van der Waals surface area contributed by atoms with Crippen molar-refractivity contribution < 1.29 is 90.2 Å². The number of nitro benzene ring substituents is 1. The second-order valence-corrected chi connectivity index (χ2v) is 21.8. The van der Waals surface area contributed by atoms with Crippen LogP contribution in [0.15, 0.2) is 94.7 Å². The summed E-state index contributed by atoms with van der Waals surface area (Å²) >= 11 is 0. The lowest BCUT2D eigenvalue weighted by molar-refractivity contribution is -0.385. The standard InChI is InChI=1S/C47H45N8O21P3/c56-29-10-13-32-37(19-29)73-38-20-30(57)11-14-33(38)42(32)34-18-27(9-12-31(34)47(61)62)46(60)49-15-3-1-2-6-40(59)48-16-4-5-26-7-8-28(35(17-26)55(63)64)22-50-44-43-45(52-24-51-44)54(25-53-43)41-21-36(58)39(74-41)23-72-78(68,69)76-79(70,71)75-77(65,66)67/h7-14,17-20,24-25,36,39,41,56,58H,1-3,6,15-16,21-23H2,(H,48,59)(H,49,60)(H,61,62)(H,68,69)(H,70,71)(H,50,51,52)(H2,65,66,67)/t36-,39+,41+/m0/s1. The number of carbonyl (C=O) groups excluding carboxylic acids is 2. The minimum absolute atomic E-state index is 0.0516. The monoisotopic (exact) mass is 1150 g/mol. The number of fused-ring (bicyclic) bond motifs is 3. The number of benzene rings is 4. The Morgan fingerprint density at radius 1 is 0.899 bits per heavy atom. The van der Waals surface area contributed by atoms with Crippen LogP contribution < -0.4 is 21.4 Å². The van der Waals surface area contributed by atoms with Gasteiger partial charge in [-0.1, -0.05) is 18.3 Å². The van der Waals surface area contributed by atoms with Gasteiger partial charge in [-0.25, -0.2) is 33.4 Å². The normalized spacial score (nSPS) is 16.9. The molecule has 5 aromatic rings. The molecule has 29 nitrogen and oxygen atoms in total. The van der Waals surface area contributed by atoms with Gasteiger partial charge in [-0.2, -0.15) is 8.62 Å². The van der Waals surface area contributed by atoms with Crippen molar-refractivity contribution in [2.24, 2.45) is 0 Å². The number of rotatable bonds is 22. The zero-order chi connectivity index (χ0) is 56.8. The van der Waals surface area contributed by atoms with E-state index in [-0.39, 0.29) is 106 Å². The lowest BCUT2D eigenvalue weighted by Gasteiger charge is -2.19. The summed E-state index contributed by atoms with van der Waals surface area (Å²) in [7, 11) is -16.9. The fourth-order valence-corrected chi connectivity index (χ4v) is 11.4. The van der Waals surface area contributed by atoms with Gasteiger partial charge in [0.15, 0.2) is 22.4 Å². The van der Waals surface area contributed by atoms with Crippen LogP contribution in [-0.2, 0) is 42.9 Å². The molecule has 3 aliphatic rings. The molecule has 3 aromatic carbocycles. The quantitative estimate of drug-likeness (QED) is 0.0106. The summed E-state index contributed by atoms with van der Waals surface area (Å²) in [6.45, 7) is -0.817. The number of phosphoric acid groups is 3. The van der Waals surface area contributed by atoms with E-state index in [1.54, 1.807) is 12.1 Å². The minimum atomic E-state index is -5.77. The number of aliphatic hydroxyl groups excluding tert-OH is 1. The molecule has 1 fully saturated rings. The van der Waals surface area contributed by atoms with Crippen molar-refractivity contribution in [2.75, 3.05) is 25.0 Å². The molecule has 5 atom stereocenters. The highest BCUT2D eigenvalue weighted by Gasteiger charge is 2.43. The number of nitrogens with zero attached hydrogens (tertiary/aromatic N) is 5. The molecule has 8 rings (SSSR count). The fraction of sp³-hybridized carbons (Fsp3) is 0.255. The Balaban J connectivity index is 0.790. The van der Waals surface area contributed by atoms with Crippen molar-refractivity contribution in [1.29, 1.82) is 0 Å². The maximum absolute atomic E-state index is 13.3. The van der Waals surface area contributed by atoms with Gasteiger partial charge in [0.25, 0.3) is 11.6 Å². The number of ether oxygens (including phenoxy) is 1. The van der Waals surface area contributed by atoms with Crippen molar-refractivity contribution in [1.82, 2.24) is 30.2 Å². The van der Waals surface area contributed by atoms with Crippen molar-refractivity contribution in [2.45, 2.75) is 57.1 Å². The highest BCUT2D eigenvalue weighted by atomic mass is 31.3. The molecule has 2 aromatic heterocycles. The number of phosphoric ester groups is 1. The zero-order valence-corrected chi connectivity index (χ0v) is 43.3. The number of aromatic nitrogens is 4. The van der Waals surface area contributed by atoms with Gasteiger partial charge < -0.3 is 60.0 Å².